The van der Waals surface area contributed by atoms with Crippen LogP contribution in [0.5, 0.6) is 0 Å². The van der Waals surface area contributed by atoms with E-state index >= 15 is 0 Å². The predicted molar refractivity (Wildman–Crippen MR) is 116 cm³/mol. The molecule has 0 aliphatic rings. The summed E-state index contributed by atoms with van der Waals surface area (Å²) in [5.41, 5.74) is 2.16. The molecular weight excluding hydrogens is 386 g/mol. The first kappa shape index (κ1) is 20.5. The first-order valence-electron chi connectivity index (χ1n) is 9.20. The summed E-state index contributed by atoms with van der Waals surface area (Å²) in [6.07, 6.45) is 7.19. The fraction of sp³-hybridized carbons (Fsp3) is 0.227. The minimum Gasteiger partial charge on any atom is -0.466 e. The molecule has 2 heterocycles. The lowest BCUT2D eigenvalue weighted by molar-refractivity contribution is -0.134. The van der Waals surface area contributed by atoms with E-state index in [-0.39, 0.29) is 5.56 Å². The van der Waals surface area contributed by atoms with Crippen molar-refractivity contribution in [1.82, 2.24) is 14.3 Å². The number of benzene rings is 1. The molecule has 2 aromatic heterocycles. The molecule has 0 atom stereocenters. The summed E-state index contributed by atoms with van der Waals surface area (Å²) >= 11 is 1.46. The number of ether oxygens (including phenoxy) is 1. The second-order valence-electron chi connectivity index (χ2n) is 6.52. The van der Waals surface area contributed by atoms with Crippen LogP contribution < -0.4 is 5.56 Å². The Morgan fingerprint density at radius 2 is 2.10 bits per heavy atom. The molecule has 0 bridgehead atoms. The third-order valence-electron chi connectivity index (χ3n) is 4.48. The molecule has 0 spiro atoms. The monoisotopic (exact) mass is 409 g/mol. The second-order valence-corrected chi connectivity index (χ2v) is 7.74. The second kappa shape index (κ2) is 9.34. The summed E-state index contributed by atoms with van der Waals surface area (Å²) in [5, 5.41) is 0. The molecule has 150 valence electrons. The molecule has 3 rings (SSSR count). The first-order chi connectivity index (χ1) is 14.0. The lowest BCUT2D eigenvalue weighted by Gasteiger charge is -2.21. The largest absolute Gasteiger partial charge is 0.466 e. The third kappa shape index (κ3) is 5.00. The number of aryl methyl sites for hydroxylation is 1. The van der Waals surface area contributed by atoms with Gasteiger partial charge in [-0.25, -0.2) is 9.78 Å². The maximum atomic E-state index is 13.1. The highest BCUT2D eigenvalue weighted by molar-refractivity contribution is 7.16. The van der Waals surface area contributed by atoms with E-state index < -0.39 is 5.97 Å². The lowest BCUT2D eigenvalue weighted by atomic mass is 10.1. The van der Waals surface area contributed by atoms with Gasteiger partial charge in [0.15, 0.2) is 4.96 Å². The van der Waals surface area contributed by atoms with Gasteiger partial charge in [0.25, 0.3) is 5.56 Å². The van der Waals surface area contributed by atoms with Crippen molar-refractivity contribution in [2.24, 2.45) is 0 Å². The van der Waals surface area contributed by atoms with E-state index in [1.165, 1.54) is 30.1 Å². The fourth-order valence-corrected chi connectivity index (χ4v) is 3.81. The predicted octanol–water partition coefficient (Wildman–Crippen LogP) is 3.44. The van der Waals surface area contributed by atoms with Crippen LogP contribution in [0.4, 0.5) is 0 Å². The van der Waals surface area contributed by atoms with Crippen LogP contribution >= 0.6 is 11.3 Å². The zero-order valence-electron chi connectivity index (χ0n) is 16.5. The maximum absolute atomic E-state index is 13.1. The van der Waals surface area contributed by atoms with E-state index in [0.29, 0.717) is 29.3 Å². The number of methoxy groups -OCH3 is 1. The zero-order chi connectivity index (χ0) is 20.8. The van der Waals surface area contributed by atoms with E-state index in [0.717, 1.165) is 11.3 Å². The van der Waals surface area contributed by atoms with Gasteiger partial charge in [0.1, 0.15) is 0 Å². The summed E-state index contributed by atoms with van der Waals surface area (Å²) < 4.78 is 6.27. The minimum absolute atomic E-state index is 0.120. The van der Waals surface area contributed by atoms with Crippen molar-refractivity contribution in [3.8, 4) is 0 Å². The Morgan fingerprint density at radius 1 is 1.34 bits per heavy atom. The van der Waals surface area contributed by atoms with E-state index in [9.17, 15) is 9.59 Å². The Hall–Kier alpha value is -3.19. The van der Waals surface area contributed by atoms with Gasteiger partial charge in [-0.2, -0.15) is 0 Å². The first-order valence-corrected chi connectivity index (χ1v) is 10.0. The number of aromatic nitrogens is 2. The standard InChI is InChI=1S/C22H23N3O3S/c1-4-19-18(21(27)25-14-16(2)29-22(25)23-19)15-24(13-11-20(26)28-3)12-10-17-8-6-5-7-9-17/h4-9,11,13-14H,1,10,12,15H2,2-3H3/b13-11-. The van der Waals surface area contributed by atoms with Crippen LogP contribution in [-0.2, 0) is 22.5 Å². The summed E-state index contributed by atoms with van der Waals surface area (Å²) in [6.45, 7) is 6.69. The van der Waals surface area contributed by atoms with Crippen LogP contribution in [0.2, 0.25) is 0 Å². The summed E-state index contributed by atoms with van der Waals surface area (Å²) in [7, 11) is 1.33. The molecule has 0 fully saturated rings. The quantitative estimate of drug-likeness (QED) is 0.421. The molecule has 29 heavy (non-hydrogen) atoms. The van der Waals surface area contributed by atoms with Crippen molar-refractivity contribution in [3.63, 3.8) is 0 Å². The number of carbonyl (C=O) groups is 1. The topological polar surface area (TPSA) is 63.9 Å². The van der Waals surface area contributed by atoms with Gasteiger partial charge >= 0.3 is 5.97 Å². The average molecular weight is 410 g/mol. The van der Waals surface area contributed by atoms with Crippen LogP contribution in [0, 0.1) is 6.92 Å². The van der Waals surface area contributed by atoms with Gasteiger partial charge in [-0.15, -0.1) is 11.3 Å². The summed E-state index contributed by atoms with van der Waals surface area (Å²) in [5.74, 6) is -0.447. The highest BCUT2D eigenvalue weighted by Crippen LogP contribution is 2.17. The van der Waals surface area contributed by atoms with Gasteiger partial charge in [-0.1, -0.05) is 36.9 Å². The average Bonchev–Trinajstić information content (AvgIpc) is 3.12. The molecule has 0 radical (unpaired) electrons. The Morgan fingerprint density at radius 3 is 2.79 bits per heavy atom. The zero-order valence-corrected chi connectivity index (χ0v) is 17.3. The van der Waals surface area contributed by atoms with E-state index in [1.807, 2.05) is 42.2 Å². The van der Waals surface area contributed by atoms with Crippen molar-refractivity contribution >= 4 is 28.3 Å². The van der Waals surface area contributed by atoms with Crippen LogP contribution in [0.15, 0.2) is 60.2 Å². The van der Waals surface area contributed by atoms with Gasteiger partial charge in [0.2, 0.25) is 0 Å². The third-order valence-corrected chi connectivity index (χ3v) is 5.38. The number of carbonyl (C=O) groups excluding carboxylic acids is 1. The molecule has 0 amide bonds. The molecule has 0 aliphatic carbocycles. The van der Waals surface area contributed by atoms with Gasteiger partial charge < -0.3 is 9.64 Å². The highest BCUT2D eigenvalue weighted by Gasteiger charge is 2.15. The fourth-order valence-electron chi connectivity index (χ4n) is 2.98. The number of nitrogens with zero attached hydrogens (tertiary/aromatic N) is 3. The smallest absolute Gasteiger partial charge is 0.331 e. The molecule has 7 heteroatoms. The van der Waals surface area contributed by atoms with Gasteiger partial charge in [-0.05, 0) is 25.0 Å². The van der Waals surface area contributed by atoms with Crippen LogP contribution in [0.1, 0.15) is 21.7 Å². The Labute approximate surface area is 173 Å². The van der Waals surface area contributed by atoms with Crippen molar-refractivity contribution in [3.05, 3.63) is 87.4 Å². The van der Waals surface area contributed by atoms with Gasteiger partial charge in [-0.3, -0.25) is 9.20 Å². The van der Waals surface area contributed by atoms with Crippen molar-refractivity contribution < 1.29 is 9.53 Å². The number of hydrogen-bond acceptors (Lipinski definition) is 6. The molecule has 0 aliphatic heterocycles. The summed E-state index contributed by atoms with van der Waals surface area (Å²) in [6, 6.07) is 10.0. The molecule has 1 aromatic carbocycles. The van der Waals surface area contributed by atoms with Crippen molar-refractivity contribution in [2.45, 2.75) is 19.9 Å². The molecular formula is C22H23N3O3S. The maximum Gasteiger partial charge on any atom is 0.331 e. The SMILES string of the molecule is C=Cc1nc2sc(C)cn2c(=O)c1CN(/C=C\C(=O)OC)CCc1ccccc1. The van der Waals surface area contributed by atoms with Crippen LogP contribution in [-0.4, -0.2) is 33.9 Å². The minimum atomic E-state index is -0.447. The molecule has 6 nitrogen and oxygen atoms in total. The lowest BCUT2D eigenvalue weighted by Crippen LogP contribution is -2.28. The van der Waals surface area contributed by atoms with Crippen molar-refractivity contribution in [1.29, 1.82) is 0 Å². The van der Waals surface area contributed by atoms with Gasteiger partial charge in [0, 0.05) is 29.9 Å². The highest BCUT2D eigenvalue weighted by atomic mass is 32.1. The van der Waals surface area contributed by atoms with Gasteiger partial charge in [0.05, 0.1) is 24.9 Å². The molecule has 0 saturated carbocycles. The number of fused-ring (bicyclic) bond motifs is 1. The normalized spacial score (nSPS) is 11.1. The number of thiazole rings is 1. The van der Waals surface area contributed by atoms with Crippen LogP contribution in [0.25, 0.3) is 11.0 Å². The molecule has 3 aromatic rings. The number of esters is 1. The van der Waals surface area contributed by atoms with Crippen molar-refractivity contribution in [2.75, 3.05) is 13.7 Å². The number of hydrogen-bond donors (Lipinski definition) is 0. The number of rotatable bonds is 8. The van der Waals surface area contributed by atoms with E-state index in [4.69, 9.17) is 4.74 Å². The molecule has 0 unspecified atom stereocenters. The Balaban J connectivity index is 1.92. The molecule has 0 saturated heterocycles. The summed E-state index contributed by atoms with van der Waals surface area (Å²) in [4.78, 5) is 32.8. The Kier molecular flexibility index (Phi) is 6.61. The Bertz CT molecular complexity index is 1100. The van der Waals surface area contributed by atoms with E-state index in [2.05, 4.69) is 11.6 Å². The van der Waals surface area contributed by atoms with Crippen LogP contribution in [0.3, 0.4) is 0 Å². The molecule has 0 N–H and O–H groups in total. The van der Waals surface area contributed by atoms with E-state index in [1.54, 1.807) is 22.9 Å².